The lowest BCUT2D eigenvalue weighted by Gasteiger charge is -2.16. The summed E-state index contributed by atoms with van der Waals surface area (Å²) >= 11 is 0. The summed E-state index contributed by atoms with van der Waals surface area (Å²) in [6.45, 7) is 1.86. The Morgan fingerprint density at radius 3 is 2.37 bits per heavy atom. The molecule has 2 heterocycles. The molecule has 0 amide bonds. The fraction of sp³-hybridized carbons (Fsp3) is 0.208. The van der Waals surface area contributed by atoms with E-state index in [1.807, 2.05) is 0 Å². The lowest BCUT2D eigenvalue weighted by molar-refractivity contribution is 0.568. The fourth-order valence-electron chi connectivity index (χ4n) is 3.75. The van der Waals surface area contributed by atoms with Crippen LogP contribution in [0.25, 0.3) is 28.0 Å². The highest BCUT2D eigenvalue weighted by Gasteiger charge is 2.20. The van der Waals surface area contributed by atoms with Gasteiger partial charge in [0.05, 0.1) is 11.4 Å². The largest absolute Gasteiger partial charge is 0.354 e. The molecule has 4 rings (SSSR count). The van der Waals surface area contributed by atoms with E-state index < -0.39 is 38.5 Å². The number of nitrogens with zero attached hydrogens (tertiary/aromatic N) is 3. The van der Waals surface area contributed by atoms with Crippen LogP contribution in [0.5, 0.6) is 0 Å². The molecule has 35 heavy (non-hydrogen) atoms. The summed E-state index contributed by atoms with van der Waals surface area (Å²) in [4.78, 5) is 21.7. The number of hydrogen-bond donors (Lipinski definition) is 1. The lowest BCUT2D eigenvalue weighted by atomic mass is 10.0. The quantitative estimate of drug-likeness (QED) is 0.384. The predicted octanol–water partition coefficient (Wildman–Crippen LogP) is 4.02. The first kappa shape index (κ1) is 24.4. The molecular formula is C24H21F3N4O3S. The molecule has 2 aromatic heterocycles. The Balaban J connectivity index is 1.96. The van der Waals surface area contributed by atoms with Crippen LogP contribution in [0.15, 0.2) is 53.3 Å². The number of hydrogen-bond acceptors (Lipinski definition) is 6. The molecule has 2 aromatic carbocycles. The number of halogens is 3. The Hall–Kier alpha value is -3.73. The van der Waals surface area contributed by atoms with Gasteiger partial charge in [0.15, 0.2) is 5.65 Å². The standard InChI is InChI=1S/C24H21F3N4O3S/c1-14-13-15(25)7-8-16(14)21-17-9-10-20(32)31(22-18(26)5-3-6-19(22)27)23(17)30-24(29-21)28-11-4-12-35(2,33)34/h3,5-10,13H,4,11-12H2,1-2H3,(H,28,29,30). The van der Waals surface area contributed by atoms with Gasteiger partial charge >= 0.3 is 0 Å². The van der Waals surface area contributed by atoms with Gasteiger partial charge in [-0.3, -0.25) is 9.36 Å². The third-order valence-electron chi connectivity index (χ3n) is 5.33. The van der Waals surface area contributed by atoms with Gasteiger partial charge in [0, 0.05) is 29.8 Å². The van der Waals surface area contributed by atoms with Crippen LogP contribution in [0, 0.1) is 24.4 Å². The average molecular weight is 503 g/mol. The van der Waals surface area contributed by atoms with Crippen molar-refractivity contribution < 1.29 is 21.6 Å². The van der Waals surface area contributed by atoms with Gasteiger partial charge in [0.2, 0.25) is 5.95 Å². The molecule has 182 valence electrons. The van der Waals surface area contributed by atoms with Crippen molar-refractivity contribution in [3.63, 3.8) is 0 Å². The van der Waals surface area contributed by atoms with Crippen molar-refractivity contribution in [3.8, 4) is 16.9 Å². The molecular weight excluding hydrogens is 481 g/mol. The first-order valence-electron chi connectivity index (χ1n) is 10.6. The third kappa shape index (κ3) is 5.19. The molecule has 0 aliphatic rings. The first-order valence-corrected chi connectivity index (χ1v) is 12.7. The molecule has 0 fully saturated rings. The number of nitrogens with one attached hydrogen (secondary N) is 1. The van der Waals surface area contributed by atoms with E-state index in [0.29, 0.717) is 22.2 Å². The minimum atomic E-state index is -3.18. The number of benzene rings is 2. The van der Waals surface area contributed by atoms with Crippen molar-refractivity contribution in [3.05, 3.63) is 81.9 Å². The molecule has 0 radical (unpaired) electrons. The van der Waals surface area contributed by atoms with Gasteiger partial charge in [0.25, 0.3) is 5.56 Å². The lowest BCUT2D eigenvalue weighted by Crippen LogP contribution is -2.22. The maximum absolute atomic E-state index is 14.7. The smallest absolute Gasteiger partial charge is 0.256 e. The number of aryl methyl sites for hydroxylation is 1. The van der Waals surface area contributed by atoms with Crippen molar-refractivity contribution in [2.24, 2.45) is 0 Å². The molecule has 0 aliphatic carbocycles. The Morgan fingerprint density at radius 1 is 1.00 bits per heavy atom. The van der Waals surface area contributed by atoms with E-state index in [1.54, 1.807) is 6.92 Å². The molecule has 11 heteroatoms. The van der Waals surface area contributed by atoms with Crippen LogP contribution >= 0.6 is 0 Å². The SMILES string of the molecule is Cc1cc(F)ccc1-c1nc(NCCCS(C)(=O)=O)nc2c1ccc(=O)n2-c1c(F)cccc1F. The average Bonchev–Trinajstić information content (AvgIpc) is 2.77. The molecule has 0 unspecified atom stereocenters. The van der Waals surface area contributed by atoms with E-state index in [0.717, 1.165) is 29.0 Å². The van der Waals surface area contributed by atoms with Crippen molar-refractivity contribution in [2.75, 3.05) is 23.9 Å². The molecule has 7 nitrogen and oxygen atoms in total. The van der Waals surface area contributed by atoms with Crippen LogP contribution in [0.2, 0.25) is 0 Å². The number of para-hydroxylation sites is 1. The van der Waals surface area contributed by atoms with Crippen LogP contribution in [-0.2, 0) is 9.84 Å². The number of anilines is 1. The van der Waals surface area contributed by atoms with Gasteiger partial charge < -0.3 is 5.32 Å². The van der Waals surface area contributed by atoms with E-state index >= 15 is 0 Å². The normalized spacial score (nSPS) is 11.7. The van der Waals surface area contributed by atoms with E-state index in [9.17, 15) is 26.4 Å². The fourth-order valence-corrected chi connectivity index (χ4v) is 4.41. The molecule has 0 bridgehead atoms. The molecule has 0 atom stereocenters. The van der Waals surface area contributed by atoms with Crippen molar-refractivity contribution >= 4 is 26.8 Å². The summed E-state index contributed by atoms with van der Waals surface area (Å²) in [5.74, 6) is -2.42. The minimum absolute atomic E-state index is 0.0147. The highest BCUT2D eigenvalue weighted by Crippen LogP contribution is 2.31. The van der Waals surface area contributed by atoms with Gasteiger partial charge in [-0.05, 0) is 55.3 Å². The molecule has 0 spiro atoms. The van der Waals surface area contributed by atoms with Crippen molar-refractivity contribution in [1.29, 1.82) is 0 Å². The molecule has 4 aromatic rings. The van der Waals surface area contributed by atoms with Crippen molar-refractivity contribution in [1.82, 2.24) is 14.5 Å². The van der Waals surface area contributed by atoms with E-state index in [2.05, 4.69) is 15.3 Å². The second kappa shape index (κ2) is 9.49. The number of fused-ring (bicyclic) bond motifs is 1. The van der Waals surface area contributed by atoms with Crippen LogP contribution < -0.4 is 10.9 Å². The zero-order chi connectivity index (χ0) is 25.3. The maximum atomic E-state index is 14.7. The summed E-state index contributed by atoms with van der Waals surface area (Å²) in [5, 5.41) is 3.22. The summed E-state index contributed by atoms with van der Waals surface area (Å²) < 4.78 is 66.8. The van der Waals surface area contributed by atoms with Gasteiger partial charge in [-0.15, -0.1) is 0 Å². The summed E-state index contributed by atoms with van der Waals surface area (Å²) in [6, 6.07) is 9.91. The van der Waals surface area contributed by atoms with E-state index in [4.69, 9.17) is 0 Å². The molecule has 1 N–H and O–H groups in total. The van der Waals surface area contributed by atoms with Crippen LogP contribution in [-0.4, -0.2) is 41.5 Å². The molecule has 0 aliphatic heterocycles. The summed E-state index contributed by atoms with van der Waals surface area (Å²) in [6.07, 6.45) is 1.38. The van der Waals surface area contributed by atoms with Crippen molar-refractivity contribution in [2.45, 2.75) is 13.3 Å². The highest BCUT2D eigenvalue weighted by atomic mass is 32.2. The predicted molar refractivity (Wildman–Crippen MR) is 128 cm³/mol. The Labute approximate surface area is 199 Å². The number of aromatic nitrogens is 3. The van der Waals surface area contributed by atoms with Crippen LogP contribution in [0.3, 0.4) is 0 Å². The van der Waals surface area contributed by atoms with Crippen LogP contribution in [0.4, 0.5) is 19.1 Å². The topological polar surface area (TPSA) is 94.0 Å². The molecule has 0 saturated heterocycles. The van der Waals surface area contributed by atoms with Gasteiger partial charge in [-0.25, -0.2) is 26.6 Å². The zero-order valence-corrected chi connectivity index (χ0v) is 19.7. The Kier molecular flexibility index (Phi) is 6.62. The first-order chi connectivity index (χ1) is 16.5. The number of sulfone groups is 1. The highest BCUT2D eigenvalue weighted by molar-refractivity contribution is 7.90. The Bertz CT molecular complexity index is 1580. The van der Waals surface area contributed by atoms with Gasteiger partial charge in [0.1, 0.15) is 33.0 Å². The summed E-state index contributed by atoms with van der Waals surface area (Å²) in [7, 11) is -3.18. The zero-order valence-electron chi connectivity index (χ0n) is 18.8. The second-order valence-electron chi connectivity index (χ2n) is 8.08. The third-order valence-corrected chi connectivity index (χ3v) is 6.36. The van der Waals surface area contributed by atoms with Crippen LogP contribution in [0.1, 0.15) is 12.0 Å². The molecule has 0 saturated carbocycles. The second-order valence-corrected chi connectivity index (χ2v) is 10.3. The van der Waals surface area contributed by atoms with E-state index in [1.165, 1.54) is 30.3 Å². The monoisotopic (exact) mass is 502 g/mol. The Morgan fingerprint density at radius 2 is 1.71 bits per heavy atom. The van der Waals surface area contributed by atoms with E-state index in [-0.39, 0.29) is 30.3 Å². The minimum Gasteiger partial charge on any atom is -0.354 e. The number of rotatable bonds is 7. The number of pyridine rings is 1. The van der Waals surface area contributed by atoms with Gasteiger partial charge in [-0.1, -0.05) is 6.07 Å². The summed E-state index contributed by atoms with van der Waals surface area (Å²) in [5.41, 5.74) is 0.00102. The maximum Gasteiger partial charge on any atom is 0.256 e. The van der Waals surface area contributed by atoms with Gasteiger partial charge in [-0.2, -0.15) is 4.98 Å².